The highest BCUT2D eigenvalue weighted by molar-refractivity contribution is 6.36. The van der Waals surface area contributed by atoms with E-state index in [4.69, 9.17) is 21.5 Å². The van der Waals surface area contributed by atoms with E-state index in [0.29, 0.717) is 5.75 Å². The summed E-state index contributed by atoms with van der Waals surface area (Å²) >= 11 is 4.75. The molecule has 82 valence electrons. The highest BCUT2D eigenvalue weighted by Crippen LogP contribution is 2.26. The second-order valence-corrected chi connectivity index (χ2v) is 3.15. The minimum Gasteiger partial charge on any atom is -0.497 e. The Balaban J connectivity index is 3.05. The minimum atomic E-state index is -3.71. The van der Waals surface area contributed by atoms with Crippen LogP contribution in [0.2, 0.25) is 0 Å². The van der Waals surface area contributed by atoms with Gasteiger partial charge in [0.15, 0.2) is 5.71 Å². The van der Waals surface area contributed by atoms with Gasteiger partial charge in [0.1, 0.15) is 5.75 Å². The number of nitrogens with zero attached hydrogens (tertiary/aromatic N) is 1. The summed E-state index contributed by atoms with van der Waals surface area (Å²) in [7, 11) is 1.45. The first-order valence-corrected chi connectivity index (χ1v) is 4.30. The van der Waals surface area contributed by atoms with Crippen molar-refractivity contribution in [3.05, 3.63) is 29.8 Å². The summed E-state index contributed by atoms with van der Waals surface area (Å²) in [4.78, 5) is 0. The lowest BCUT2D eigenvalue weighted by Crippen LogP contribution is -2.22. The Morgan fingerprint density at radius 3 is 2.27 bits per heavy atom. The molecule has 6 heteroatoms. The van der Waals surface area contributed by atoms with Gasteiger partial charge in [-0.25, -0.2) is 0 Å². The molecule has 1 aromatic carbocycles. The molecule has 0 heterocycles. The molecule has 0 aliphatic carbocycles. The van der Waals surface area contributed by atoms with Gasteiger partial charge in [-0.3, -0.25) is 0 Å². The first kappa shape index (κ1) is 11.7. The molecule has 0 aromatic heterocycles. The van der Waals surface area contributed by atoms with E-state index in [9.17, 15) is 8.78 Å². The van der Waals surface area contributed by atoms with Gasteiger partial charge in [-0.2, -0.15) is 8.78 Å². The van der Waals surface area contributed by atoms with Crippen molar-refractivity contribution in [3.63, 3.8) is 0 Å². The van der Waals surface area contributed by atoms with E-state index < -0.39 is 11.1 Å². The number of benzene rings is 1. The Kier molecular flexibility index (Phi) is 3.47. The molecule has 0 amide bonds. The number of rotatable bonds is 3. The van der Waals surface area contributed by atoms with Crippen LogP contribution >= 0.6 is 11.6 Å². The molecule has 0 fully saturated rings. The number of hydrogen-bond acceptors (Lipinski definition) is 3. The van der Waals surface area contributed by atoms with Crippen molar-refractivity contribution in [1.82, 2.24) is 0 Å². The molecular formula is C9H8ClF2NO2. The van der Waals surface area contributed by atoms with Crippen molar-refractivity contribution >= 4 is 17.3 Å². The van der Waals surface area contributed by atoms with Crippen molar-refractivity contribution in [2.75, 3.05) is 7.11 Å². The first-order valence-electron chi connectivity index (χ1n) is 3.92. The van der Waals surface area contributed by atoms with E-state index in [1.165, 1.54) is 31.4 Å². The fraction of sp³-hybridized carbons (Fsp3) is 0.222. The summed E-state index contributed by atoms with van der Waals surface area (Å²) in [6, 6.07) is 5.57. The molecule has 1 rings (SSSR count). The molecule has 1 aromatic rings. The maximum absolute atomic E-state index is 12.7. The van der Waals surface area contributed by atoms with Gasteiger partial charge in [-0.15, -0.1) is 0 Å². The van der Waals surface area contributed by atoms with Crippen LogP contribution in [0.3, 0.4) is 0 Å². The summed E-state index contributed by atoms with van der Waals surface area (Å²) in [5, 5.41) is 7.21. The van der Waals surface area contributed by atoms with E-state index in [1.54, 1.807) is 0 Å². The number of alkyl halides is 3. The zero-order chi connectivity index (χ0) is 11.5. The second-order valence-electron chi connectivity index (χ2n) is 2.67. The van der Waals surface area contributed by atoms with E-state index in [2.05, 4.69) is 5.16 Å². The maximum Gasteiger partial charge on any atom is 0.368 e. The Hall–Kier alpha value is -1.36. The number of oxime groups is 1. The van der Waals surface area contributed by atoms with Crippen LogP contribution in [-0.2, 0) is 0 Å². The van der Waals surface area contributed by atoms with Crippen LogP contribution < -0.4 is 4.74 Å². The van der Waals surface area contributed by atoms with Crippen molar-refractivity contribution in [2.24, 2.45) is 5.16 Å². The van der Waals surface area contributed by atoms with Gasteiger partial charge >= 0.3 is 5.38 Å². The predicted octanol–water partition coefficient (Wildman–Crippen LogP) is 2.71. The summed E-state index contributed by atoms with van der Waals surface area (Å²) in [6.45, 7) is 0. The number of hydrogen-bond donors (Lipinski definition) is 1. The highest BCUT2D eigenvalue weighted by atomic mass is 35.5. The average molecular weight is 236 g/mol. The van der Waals surface area contributed by atoms with Crippen LogP contribution in [0.15, 0.2) is 29.4 Å². The monoisotopic (exact) mass is 235 g/mol. The van der Waals surface area contributed by atoms with Crippen LogP contribution in [0.4, 0.5) is 8.78 Å². The van der Waals surface area contributed by atoms with Crippen LogP contribution in [-0.4, -0.2) is 23.4 Å². The predicted molar refractivity (Wildman–Crippen MR) is 52.1 cm³/mol. The molecule has 15 heavy (non-hydrogen) atoms. The van der Waals surface area contributed by atoms with Gasteiger partial charge in [0, 0.05) is 5.56 Å². The molecule has 0 bridgehead atoms. The van der Waals surface area contributed by atoms with Crippen molar-refractivity contribution in [2.45, 2.75) is 5.38 Å². The fourth-order valence-electron chi connectivity index (χ4n) is 1.03. The lowest BCUT2D eigenvalue weighted by Gasteiger charge is -2.10. The maximum atomic E-state index is 12.7. The Bertz CT molecular complexity index is 359. The SMILES string of the molecule is COc1ccc(/C(=N/O)C(F)(F)Cl)cc1. The largest absolute Gasteiger partial charge is 0.497 e. The normalized spacial score (nSPS) is 12.7. The van der Waals surface area contributed by atoms with Crippen LogP contribution in [0.5, 0.6) is 5.75 Å². The van der Waals surface area contributed by atoms with Crippen molar-refractivity contribution in [1.29, 1.82) is 0 Å². The fourth-order valence-corrected chi connectivity index (χ4v) is 1.17. The molecule has 3 nitrogen and oxygen atoms in total. The highest BCUT2D eigenvalue weighted by Gasteiger charge is 2.34. The number of halogens is 3. The molecule has 0 radical (unpaired) electrons. The molecule has 0 saturated heterocycles. The lowest BCUT2D eigenvalue weighted by molar-refractivity contribution is 0.168. The van der Waals surface area contributed by atoms with E-state index in [1.807, 2.05) is 0 Å². The van der Waals surface area contributed by atoms with Gasteiger partial charge in [0.2, 0.25) is 0 Å². The van der Waals surface area contributed by atoms with Crippen molar-refractivity contribution < 1.29 is 18.7 Å². The van der Waals surface area contributed by atoms with Gasteiger partial charge in [0.05, 0.1) is 7.11 Å². The van der Waals surface area contributed by atoms with E-state index in [-0.39, 0.29) is 5.56 Å². The zero-order valence-electron chi connectivity index (χ0n) is 7.75. The molecule has 1 N–H and O–H groups in total. The molecule has 0 atom stereocenters. The zero-order valence-corrected chi connectivity index (χ0v) is 8.50. The second kappa shape index (κ2) is 4.44. The standard InChI is InChI=1S/C9H8ClF2NO2/c1-15-7-4-2-6(3-5-7)8(13-14)9(10,11)12/h2-5,14H,1H3/b13-8-. The molecule has 0 aliphatic rings. The molecule has 0 unspecified atom stereocenters. The first-order chi connectivity index (χ1) is 6.99. The third kappa shape index (κ3) is 2.79. The third-order valence-electron chi connectivity index (χ3n) is 1.73. The van der Waals surface area contributed by atoms with Gasteiger partial charge in [0.25, 0.3) is 0 Å². The van der Waals surface area contributed by atoms with Crippen LogP contribution in [0, 0.1) is 0 Å². The van der Waals surface area contributed by atoms with Crippen molar-refractivity contribution in [3.8, 4) is 5.75 Å². The lowest BCUT2D eigenvalue weighted by atomic mass is 10.1. The Morgan fingerprint density at radius 2 is 1.93 bits per heavy atom. The summed E-state index contributed by atoms with van der Waals surface area (Å²) in [5.74, 6) is 0.508. The van der Waals surface area contributed by atoms with Crippen LogP contribution in [0.25, 0.3) is 0 Å². The number of methoxy groups -OCH3 is 1. The molecule has 0 spiro atoms. The van der Waals surface area contributed by atoms with Gasteiger partial charge < -0.3 is 9.94 Å². The third-order valence-corrected chi connectivity index (χ3v) is 1.91. The average Bonchev–Trinajstić information content (AvgIpc) is 2.18. The Morgan fingerprint density at radius 1 is 1.40 bits per heavy atom. The van der Waals surface area contributed by atoms with Gasteiger partial charge in [-0.1, -0.05) is 5.16 Å². The number of ether oxygens (including phenoxy) is 1. The summed E-state index contributed by atoms with van der Waals surface area (Å²) in [6.07, 6.45) is 0. The topological polar surface area (TPSA) is 41.8 Å². The molecule has 0 aliphatic heterocycles. The van der Waals surface area contributed by atoms with Gasteiger partial charge in [-0.05, 0) is 35.9 Å². The molecule has 0 saturated carbocycles. The molecular weight excluding hydrogens is 228 g/mol. The quantitative estimate of drug-likeness (QED) is 0.379. The van der Waals surface area contributed by atoms with Crippen LogP contribution in [0.1, 0.15) is 5.56 Å². The smallest absolute Gasteiger partial charge is 0.368 e. The summed E-state index contributed by atoms with van der Waals surface area (Å²) < 4.78 is 30.2. The Labute approximate surface area is 89.9 Å². The minimum absolute atomic E-state index is 0.0262. The summed E-state index contributed by atoms with van der Waals surface area (Å²) in [5.41, 5.74) is -0.870. The van der Waals surface area contributed by atoms with E-state index >= 15 is 0 Å². The van der Waals surface area contributed by atoms with E-state index in [0.717, 1.165) is 0 Å².